The van der Waals surface area contributed by atoms with Gasteiger partial charge in [0.1, 0.15) is 0 Å². The zero-order chi connectivity index (χ0) is 13.1. The predicted molar refractivity (Wildman–Crippen MR) is 69.8 cm³/mol. The van der Waals surface area contributed by atoms with Gasteiger partial charge in [0.2, 0.25) is 11.8 Å². The molecule has 0 radical (unpaired) electrons. The number of hydrogen-bond donors (Lipinski definition) is 1. The quantitative estimate of drug-likeness (QED) is 0.802. The summed E-state index contributed by atoms with van der Waals surface area (Å²) in [6.07, 6.45) is 1.34. The van der Waals surface area contributed by atoms with Crippen molar-refractivity contribution in [1.29, 1.82) is 0 Å². The zero-order valence-electron chi connectivity index (χ0n) is 10.5. The van der Waals surface area contributed by atoms with Crippen molar-refractivity contribution in [2.24, 2.45) is 16.9 Å². The van der Waals surface area contributed by atoms with Crippen molar-refractivity contribution in [2.75, 3.05) is 11.9 Å². The van der Waals surface area contributed by atoms with E-state index in [0.717, 1.165) is 28.9 Å². The molecule has 3 aliphatic rings. The normalized spacial score (nSPS) is 27.6. The molecule has 0 saturated heterocycles. The highest BCUT2D eigenvalue weighted by atomic mass is 16.2. The minimum atomic E-state index is 0.0322. The van der Waals surface area contributed by atoms with E-state index in [4.69, 9.17) is 0 Å². The van der Waals surface area contributed by atoms with Crippen LogP contribution in [0.1, 0.15) is 17.5 Å². The lowest BCUT2D eigenvalue weighted by Crippen LogP contribution is -2.28. The number of carbonyl (C=O) groups is 2. The van der Waals surface area contributed by atoms with Gasteiger partial charge in [-0.05, 0) is 29.7 Å². The zero-order valence-corrected chi connectivity index (χ0v) is 10.5. The summed E-state index contributed by atoms with van der Waals surface area (Å²) >= 11 is 0. The molecule has 19 heavy (non-hydrogen) atoms. The molecule has 2 unspecified atom stereocenters. The van der Waals surface area contributed by atoms with Crippen LogP contribution in [0.15, 0.2) is 23.3 Å². The van der Waals surface area contributed by atoms with Crippen LogP contribution in [0.2, 0.25) is 0 Å². The first-order valence-electron chi connectivity index (χ1n) is 6.42. The van der Waals surface area contributed by atoms with Crippen LogP contribution in [0.25, 0.3) is 0 Å². The average Bonchev–Trinajstić information content (AvgIpc) is 3.14. The number of hydrogen-bond acceptors (Lipinski definition) is 3. The number of nitrogens with one attached hydrogen (secondary N) is 1. The van der Waals surface area contributed by atoms with Crippen LogP contribution in [0, 0.1) is 11.8 Å². The maximum absolute atomic E-state index is 11.7. The first-order chi connectivity index (χ1) is 9.15. The summed E-state index contributed by atoms with van der Waals surface area (Å²) in [5, 5.41) is 4.19. The third kappa shape index (κ3) is 1.44. The lowest BCUT2D eigenvalue weighted by molar-refractivity contribution is -0.122. The Morgan fingerprint density at radius 1 is 1.32 bits per heavy atom. The molecule has 1 N–H and O–H groups in total. The number of hydrazone groups is 1. The predicted octanol–water partition coefficient (Wildman–Crippen LogP) is 0.675. The van der Waals surface area contributed by atoms with Gasteiger partial charge in [0.15, 0.2) is 0 Å². The Bertz CT molecular complexity index is 650. The van der Waals surface area contributed by atoms with E-state index in [-0.39, 0.29) is 23.7 Å². The minimum Gasteiger partial charge on any atom is -0.315 e. The van der Waals surface area contributed by atoms with Crippen LogP contribution < -0.4 is 10.3 Å². The summed E-state index contributed by atoms with van der Waals surface area (Å²) in [4.78, 5) is 24.8. The van der Waals surface area contributed by atoms with Crippen molar-refractivity contribution >= 4 is 23.2 Å². The largest absolute Gasteiger partial charge is 0.315 e. The highest BCUT2D eigenvalue weighted by molar-refractivity contribution is 6.10. The maximum atomic E-state index is 11.7. The van der Waals surface area contributed by atoms with Gasteiger partial charge in [-0.2, -0.15) is 5.10 Å². The van der Waals surface area contributed by atoms with Gasteiger partial charge in [-0.15, -0.1) is 0 Å². The van der Waals surface area contributed by atoms with Crippen LogP contribution in [-0.2, 0) is 16.0 Å². The van der Waals surface area contributed by atoms with Gasteiger partial charge in [-0.1, -0.05) is 6.07 Å². The number of nitrogens with zero attached hydrogens (tertiary/aromatic N) is 2. The second-order valence-electron chi connectivity index (χ2n) is 5.39. The van der Waals surface area contributed by atoms with Gasteiger partial charge in [0, 0.05) is 24.6 Å². The van der Waals surface area contributed by atoms with Crippen molar-refractivity contribution in [3.63, 3.8) is 0 Å². The van der Waals surface area contributed by atoms with Crippen LogP contribution in [-0.4, -0.2) is 24.6 Å². The van der Waals surface area contributed by atoms with Crippen LogP contribution in [0.3, 0.4) is 0 Å². The van der Waals surface area contributed by atoms with E-state index in [1.54, 1.807) is 11.9 Å². The van der Waals surface area contributed by atoms with E-state index in [9.17, 15) is 9.59 Å². The Hall–Kier alpha value is -2.17. The SMILES string of the molecule is CN1C(=O)Cc2cc(C3=NNC(=O)C4CC34)ccc21. The second kappa shape index (κ2) is 3.44. The fraction of sp³-hybridized carbons (Fsp3) is 0.357. The molecule has 1 aromatic carbocycles. The van der Waals surface area contributed by atoms with Gasteiger partial charge in [0.05, 0.1) is 12.1 Å². The Balaban J connectivity index is 1.73. The molecule has 1 aromatic rings. The molecule has 4 rings (SSSR count). The first-order valence-corrected chi connectivity index (χ1v) is 6.42. The number of fused-ring (bicyclic) bond motifs is 2. The summed E-state index contributed by atoms with van der Waals surface area (Å²) in [5.74, 6) is 0.520. The van der Waals surface area contributed by atoms with Crippen molar-refractivity contribution in [3.8, 4) is 0 Å². The first kappa shape index (κ1) is 10.7. The lowest BCUT2D eigenvalue weighted by Gasteiger charge is -2.14. The van der Waals surface area contributed by atoms with Gasteiger partial charge in [-0.3, -0.25) is 9.59 Å². The number of carbonyl (C=O) groups excluding carboxylic acids is 2. The van der Waals surface area contributed by atoms with Crippen LogP contribution in [0.5, 0.6) is 0 Å². The number of likely N-dealkylation sites (N-methyl/N-ethyl adjacent to an activating group) is 1. The number of amides is 2. The smallest absolute Gasteiger partial charge is 0.243 e. The van der Waals surface area contributed by atoms with Gasteiger partial charge in [0.25, 0.3) is 0 Å². The van der Waals surface area contributed by atoms with Crippen molar-refractivity contribution in [3.05, 3.63) is 29.3 Å². The Labute approximate surface area is 110 Å². The molecular weight excluding hydrogens is 242 g/mol. The van der Waals surface area contributed by atoms with Crippen LogP contribution in [0.4, 0.5) is 5.69 Å². The average molecular weight is 255 g/mol. The molecule has 1 fully saturated rings. The lowest BCUT2D eigenvalue weighted by atomic mass is 10.0. The molecule has 1 aliphatic carbocycles. The molecule has 96 valence electrons. The summed E-state index contributed by atoms with van der Waals surface area (Å²) in [6, 6.07) is 5.98. The minimum absolute atomic E-state index is 0.0322. The van der Waals surface area contributed by atoms with E-state index in [0.29, 0.717) is 6.42 Å². The Kier molecular flexibility index (Phi) is 1.94. The summed E-state index contributed by atoms with van der Waals surface area (Å²) < 4.78 is 0. The maximum Gasteiger partial charge on any atom is 0.243 e. The van der Waals surface area contributed by atoms with E-state index in [1.165, 1.54) is 0 Å². The van der Waals surface area contributed by atoms with Crippen molar-refractivity contribution in [2.45, 2.75) is 12.8 Å². The molecule has 0 aromatic heterocycles. The van der Waals surface area contributed by atoms with Gasteiger partial charge >= 0.3 is 0 Å². The Morgan fingerprint density at radius 3 is 3.00 bits per heavy atom. The van der Waals surface area contributed by atoms with Crippen molar-refractivity contribution in [1.82, 2.24) is 5.43 Å². The molecule has 2 atom stereocenters. The summed E-state index contributed by atoms with van der Waals surface area (Å²) in [5.41, 5.74) is 6.57. The number of benzene rings is 1. The molecule has 5 heteroatoms. The van der Waals surface area contributed by atoms with Gasteiger partial charge < -0.3 is 4.90 Å². The van der Waals surface area contributed by atoms with E-state index in [2.05, 4.69) is 10.5 Å². The molecular formula is C14H13N3O2. The number of rotatable bonds is 1. The summed E-state index contributed by atoms with van der Waals surface area (Å²) in [6.45, 7) is 0. The topological polar surface area (TPSA) is 61.8 Å². The van der Waals surface area contributed by atoms with Gasteiger partial charge in [-0.25, -0.2) is 5.43 Å². The Morgan fingerprint density at radius 2 is 2.16 bits per heavy atom. The van der Waals surface area contributed by atoms with E-state index >= 15 is 0 Å². The molecule has 2 amide bonds. The molecule has 2 heterocycles. The third-order valence-electron chi connectivity index (χ3n) is 4.22. The fourth-order valence-corrected chi connectivity index (χ4v) is 2.98. The molecule has 5 nitrogen and oxygen atoms in total. The third-order valence-corrected chi connectivity index (χ3v) is 4.22. The molecule has 2 aliphatic heterocycles. The number of anilines is 1. The highest BCUT2D eigenvalue weighted by Gasteiger charge is 2.49. The van der Waals surface area contributed by atoms with E-state index in [1.807, 2.05) is 18.2 Å². The summed E-state index contributed by atoms with van der Waals surface area (Å²) in [7, 11) is 1.79. The fourth-order valence-electron chi connectivity index (χ4n) is 2.98. The molecule has 1 saturated carbocycles. The molecule has 0 bridgehead atoms. The standard InChI is InChI=1S/C14H13N3O2/c1-17-11-3-2-7(4-8(11)5-12(17)18)13-9-6-10(9)14(19)16-15-13/h2-4,9-10H,5-6H2,1H3,(H,16,19). The highest BCUT2D eigenvalue weighted by Crippen LogP contribution is 2.44. The molecule has 0 spiro atoms. The van der Waals surface area contributed by atoms with Crippen LogP contribution >= 0.6 is 0 Å². The van der Waals surface area contributed by atoms with E-state index < -0.39 is 0 Å². The second-order valence-corrected chi connectivity index (χ2v) is 5.39. The van der Waals surface area contributed by atoms with Crippen molar-refractivity contribution < 1.29 is 9.59 Å². The monoisotopic (exact) mass is 255 g/mol.